The van der Waals surface area contributed by atoms with Crippen LogP contribution in [-0.4, -0.2) is 18.9 Å². The van der Waals surface area contributed by atoms with Crippen LogP contribution in [0.1, 0.15) is 46.0 Å². The summed E-state index contributed by atoms with van der Waals surface area (Å²) in [6, 6.07) is 24.0. The SMILES string of the molecule is CC(C)c1ccc(C(=O)Nc2cccc(C(=O)N(C)c3ccccc3)c2)cc1. The lowest BCUT2D eigenvalue weighted by Crippen LogP contribution is -2.26. The van der Waals surface area contributed by atoms with E-state index in [1.807, 2.05) is 54.6 Å². The number of para-hydroxylation sites is 1. The van der Waals surface area contributed by atoms with Gasteiger partial charge in [0, 0.05) is 29.5 Å². The van der Waals surface area contributed by atoms with Gasteiger partial charge in [-0.1, -0.05) is 50.2 Å². The third-order valence-corrected chi connectivity index (χ3v) is 4.66. The highest BCUT2D eigenvalue weighted by Gasteiger charge is 2.14. The van der Waals surface area contributed by atoms with Gasteiger partial charge >= 0.3 is 0 Å². The maximum Gasteiger partial charge on any atom is 0.258 e. The third kappa shape index (κ3) is 4.46. The van der Waals surface area contributed by atoms with Crippen LogP contribution >= 0.6 is 0 Å². The van der Waals surface area contributed by atoms with Crippen molar-refractivity contribution in [2.24, 2.45) is 0 Å². The summed E-state index contributed by atoms with van der Waals surface area (Å²) < 4.78 is 0. The number of hydrogen-bond donors (Lipinski definition) is 1. The Balaban J connectivity index is 1.74. The van der Waals surface area contributed by atoms with Gasteiger partial charge in [0.25, 0.3) is 11.8 Å². The quantitative estimate of drug-likeness (QED) is 0.657. The van der Waals surface area contributed by atoms with Gasteiger partial charge in [-0.05, 0) is 53.9 Å². The second kappa shape index (κ2) is 8.53. The molecule has 0 aliphatic carbocycles. The Hall–Kier alpha value is -3.40. The summed E-state index contributed by atoms with van der Waals surface area (Å²) in [6.45, 7) is 4.23. The molecule has 1 N–H and O–H groups in total. The molecule has 3 aromatic carbocycles. The summed E-state index contributed by atoms with van der Waals surface area (Å²) in [5, 5.41) is 2.87. The summed E-state index contributed by atoms with van der Waals surface area (Å²) in [5.41, 5.74) is 3.69. The van der Waals surface area contributed by atoms with Crippen molar-refractivity contribution < 1.29 is 9.59 Å². The lowest BCUT2D eigenvalue weighted by atomic mass is 10.0. The third-order valence-electron chi connectivity index (χ3n) is 4.66. The number of nitrogens with one attached hydrogen (secondary N) is 1. The van der Waals surface area contributed by atoms with Crippen molar-refractivity contribution in [1.29, 1.82) is 0 Å². The average Bonchev–Trinajstić information content (AvgIpc) is 2.73. The molecule has 142 valence electrons. The van der Waals surface area contributed by atoms with Crippen molar-refractivity contribution >= 4 is 23.2 Å². The molecular weight excluding hydrogens is 348 g/mol. The van der Waals surface area contributed by atoms with Crippen LogP contribution in [-0.2, 0) is 0 Å². The van der Waals surface area contributed by atoms with Gasteiger partial charge in [-0.2, -0.15) is 0 Å². The van der Waals surface area contributed by atoms with Crippen LogP contribution in [0, 0.1) is 0 Å². The van der Waals surface area contributed by atoms with Gasteiger partial charge in [0.15, 0.2) is 0 Å². The Bertz CT molecular complexity index is 963. The van der Waals surface area contributed by atoms with Gasteiger partial charge in [-0.15, -0.1) is 0 Å². The van der Waals surface area contributed by atoms with Crippen molar-refractivity contribution in [3.8, 4) is 0 Å². The fraction of sp³-hybridized carbons (Fsp3) is 0.167. The van der Waals surface area contributed by atoms with E-state index >= 15 is 0 Å². The Morgan fingerprint density at radius 1 is 0.821 bits per heavy atom. The summed E-state index contributed by atoms with van der Waals surface area (Å²) in [7, 11) is 1.74. The molecule has 3 rings (SSSR count). The van der Waals surface area contributed by atoms with E-state index in [9.17, 15) is 9.59 Å². The van der Waals surface area contributed by atoms with E-state index in [-0.39, 0.29) is 11.8 Å². The van der Waals surface area contributed by atoms with Gasteiger partial charge in [0.2, 0.25) is 0 Å². The molecule has 0 saturated heterocycles. The molecular formula is C24H24N2O2. The van der Waals surface area contributed by atoms with E-state index in [0.29, 0.717) is 22.7 Å². The van der Waals surface area contributed by atoms with Crippen LogP contribution in [0.3, 0.4) is 0 Å². The van der Waals surface area contributed by atoms with Crippen LogP contribution in [0.4, 0.5) is 11.4 Å². The zero-order chi connectivity index (χ0) is 20.1. The Labute approximate surface area is 165 Å². The monoisotopic (exact) mass is 372 g/mol. The van der Waals surface area contributed by atoms with Gasteiger partial charge in [0.05, 0.1) is 0 Å². The van der Waals surface area contributed by atoms with Crippen LogP contribution in [0.15, 0.2) is 78.9 Å². The van der Waals surface area contributed by atoms with E-state index in [1.165, 1.54) is 5.56 Å². The minimum absolute atomic E-state index is 0.136. The van der Waals surface area contributed by atoms with E-state index in [4.69, 9.17) is 0 Å². The van der Waals surface area contributed by atoms with E-state index in [0.717, 1.165) is 5.69 Å². The van der Waals surface area contributed by atoms with Crippen LogP contribution in [0.2, 0.25) is 0 Å². The molecule has 0 unspecified atom stereocenters. The van der Waals surface area contributed by atoms with Gasteiger partial charge in [0.1, 0.15) is 0 Å². The number of rotatable bonds is 5. The zero-order valence-electron chi connectivity index (χ0n) is 16.3. The van der Waals surface area contributed by atoms with Crippen LogP contribution < -0.4 is 10.2 Å². The van der Waals surface area contributed by atoms with E-state index < -0.39 is 0 Å². The molecule has 0 aliphatic heterocycles. The smallest absolute Gasteiger partial charge is 0.258 e. The molecule has 2 amide bonds. The van der Waals surface area contributed by atoms with Crippen LogP contribution in [0.5, 0.6) is 0 Å². The standard InChI is InChI=1S/C24H24N2O2/c1-17(2)18-12-14-19(15-13-18)23(27)25-21-9-7-8-20(16-21)24(28)26(3)22-10-5-4-6-11-22/h4-17H,1-3H3,(H,25,27). The molecule has 0 spiro atoms. The molecule has 28 heavy (non-hydrogen) atoms. The van der Waals surface area contributed by atoms with Crippen molar-refractivity contribution in [2.45, 2.75) is 19.8 Å². The number of benzene rings is 3. The molecule has 0 radical (unpaired) electrons. The number of carbonyl (C=O) groups excluding carboxylic acids is 2. The highest BCUT2D eigenvalue weighted by Crippen LogP contribution is 2.19. The van der Waals surface area contributed by atoms with E-state index in [2.05, 4.69) is 19.2 Å². The predicted molar refractivity (Wildman–Crippen MR) is 114 cm³/mol. The number of carbonyl (C=O) groups is 2. The molecule has 4 heteroatoms. The van der Waals surface area contributed by atoms with Gasteiger partial charge < -0.3 is 10.2 Å². The van der Waals surface area contributed by atoms with Gasteiger partial charge in [-0.3, -0.25) is 9.59 Å². The number of amides is 2. The van der Waals surface area contributed by atoms with Crippen molar-refractivity contribution in [2.75, 3.05) is 17.3 Å². The molecule has 0 heterocycles. The second-order valence-electron chi connectivity index (χ2n) is 7.01. The summed E-state index contributed by atoms with van der Waals surface area (Å²) in [6.07, 6.45) is 0. The maximum atomic E-state index is 12.8. The highest BCUT2D eigenvalue weighted by molar-refractivity contribution is 6.08. The fourth-order valence-corrected chi connectivity index (χ4v) is 2.92. The zero-order valence-corrected chi connectivity index (χ0v) is 16.3. The average molecular weight is 372 g/mol. The first-order valence-electron chi connectivity index (χ1n) is 9.30. The molecule has 0 aliphatic rings. The normalized spacial score (nSPS) is 10.6. The van der Waals surface area contributed by atoms with Crippen LogP contribution in [0.25, 0.3) is 0 Å². The highest BCUT2D eigenvalue weighted by atomic mass is 16.2. The molecule has 0 atom stereocenters. The maximum absolute atomic E-state index is 12.8. The summed E-state index contributed by atoms with van der Waals surface area (Å²) >= 11 is 0. The van der Waals surface area contributed by atoms with E-state index in [1.54, 1.807) is 36.2 Å². The van der Waals surface area contributed by atoms with Crippen molar-refractivity contribution in [3.63, 3.8) is 0 Å². The summed E-state index contributed by atoms with van der Waals surface area (Å²) in [5.74, 6) is 0.0845. The molecule has 4 nitrogen and oxygen atoms in total. The Kier molecular flexibility index (Phi) is 5.90. The Morgan fingerprint density at radius 2 is 1.50 bits per heavy atom. The first kappa shape index (κ1) is 19.4. The largest absolute Gasteiger partial charge is 0.322 e. The first-order chi connectivity index (χ1) is 13.5. The minimum atomic E-state index is -0.198. The summed E-state index contributed by atoms with van der Waals surface area (Å²) in [4.78, 5) is 26.9. The molecule has 0 aromatic heterocycles. The fourth-order valence-electron chi connectivity index (χ4n) is 2.92. The lowest BCUT2D eigenvalue weighted by molar-refractivity contribution is 0.0990. The van der Waals surface area contributed by atoms with Crippen molar-refractivity contribution in [1.82, 2.24) is 0 Å². The Morgan fingerprint density at radius 3 is 2.14 bits per heavy atom. The first-order valence-corrected chi connectivity index (χ1v) is 9.30. The minimum Gasteiger partial charge on any atom is -0.322 e. The molecule has 0 bridgehead atoms. The predicted octanol–water partition coefficient (Wildman–Crippen LogP) is 5.34. The number of hydrogen-bond acceptors (Lipinski definition) is 2. The second-order valence-corrected chi connectivity index (χ2v) is 7.01. The topological polar surface area (TPSA) is 49.4 Å². The van der Waals surface area contributed by atoms with Gasteiger partial charge in [-0.25, -0.2) is 0 Å². The number of anilines is 2. The van der Waals surface area contributed by atoms with Crippen molar-refractivity contribution in [3.05, 3.63) is 95.6 Å². The molecule has 3 aromatic rings. The lowest BCUT2D eigenvalue weighted by Gasteiger charge is -2.17. The molecule has 0 fully saturated rings. The molecule has 0 saturated carbocycles. The number of nitrogens with zero attached hydrogens (tertiary/aromatic N) is 1.